The lowest BCUT2D eigenvalue weighted by molar-refractivity contribution is 0.101. The van der Waals surface area contributed by atoms with Crippen molar-refractivity contribution in [2.24, 2.45) is 0 Å². The zero-order chi connectivity index (χ0) is 13.0. The van der Waals surface area contributed by atoms with Gasteiger partial charge in [0.1, 0.15) is 17.2 Å². The molecule has 18 heavy (non-hydrogen) atoms. The van der Waals surface area contributed by atoms with Gasteiger partial charge in [0.05, 0.1) is 6.20 Å². The maximum Gasteiger partial charge on any atom is 0.178 e. The summed E-state index contributed by atoms with van der Waals surface area (Å²) in [6.07, 6.45) is 2.54. The molecule has 1 aromatic heterocycles. The molecule has 0 aliphatic rings. The Balaban J connectivity index is 2.15. The number of carbonyl (C=O) groups is 1. The molecular formula is C15H15NO2. The third-order valence-corrected chi connectivity index (χ3v) is 2.64. The fraction of sp³-hybridized carbons (Fsp3) is 0.200. The van der Waals surface area contributed by atoms with Gasteiger partial charge >= 0.3 is 0 Å². The van der Waals surface area contributed by atoms with Crippen molar-refractivity contribution in [3.63, 3.8) is 0 Å². The average Bonchev–Trinajstić information content (AvgIpc) is 2.39. The molecule has 1 aromatic carbocycles. The number of aryl methyl sites for hydroxylation is 1. The largest absolute Gasteiger partial charge is 0.456 e. The SMILES string of the molecule is CCc1cccc(Oc2ccc(C(C)=O)nc2)c1. The molecular weight excluding hydrogens is 226 g/mol. The van der Waals surface area contributed by atoms with Crippen molar-refractivity contribution in [3.8, 4) is 11.5 Å². The highest BCUT2D eigenvalue weighted by molar-refractivity contribution is 5.92. The quantitative estimate of drug-likeness (QED) is 0.767. The van der Waals surface area contributed by atoms with E-state index in [0.29, 0.717) is 11.4 Å². The van der Waals surface area contributed by atoms with E-state index in [-0.39, 0.29) is 5.78 Å². The number of aromatic nitrogens is 1. The molecule has 0 atom stereocenters. The molecule has 2 rings (SSSR count). The molecule has 0 fully saturated rings. The Kier molecular flexibility index (Phi) is 3.72. The molecule has 0 saturated carbocycles. The van der Waals surface area contributed by atoms with Crippen molar-refractivity contribution in [3.05, 3.63) is 53.9 Å². The molecule has 1 heterocycles. The Bertz CT molecular complexity index is 547. The second kappa shape index (κ2) is 5.45. The van der Waals surface area contributed by atoms with Gasteiger partial charge in [0.25, 0.3) is 0 Å². The normalized spacial score (nSPS) is 10.1. The second-order valence-corrected chi connectivity index (χ2v) is 4.04. The first-order valence-electron chi connectivity index (χ1n) is 5.93. The Morgan fingerprint density at radius 2 is 2.06 bits per heavy atom. The van der Waals surface area contributed by atoms with Crippen LogP contribution in [0.2, 0.25) is 0 Å². The Morgan fingerprint density at radius 3 is 2.67 bits per heavy atom. The van der Waals surface area contributed by atoms with Gasteiger partial charge in [0.15, 0.2) is 5.78 Å². The van der Waals surface area contributed by atoms with Gasteiger partial charge in [-0.2, -0.15) is 0 Å². The van der Waals surface area contributed by atoms with Gasteiger partial charge in [0.2, 0.25) is 0 Å². The summed E-state index contributed by atoms with van der Waals surface area (Å²) in [4.78, 5) is 15.1. The highest BCUT2D eigenvalue weighted by Gasteiger charge is 2.02. The van der Waals surface area contributed by atoms with Crippen molar-refractivity contribution in [2.75, 3.05) is 0 Å². The zero-order valence-corrected chi connectivity index (χ0v) is 10.5. The predicted molar refractivity (Wildman–Crippen MR) is 70.1 cm³/mol. The van der Waals surface area contributed by atoms with E-state index in [4.69, 9.17) is 4.74 Å². The monoisotopic (exact) mass is 241 g/mol. The molecule has 0 unspecified atom stereocenters. The van der Waals surface area contributed by atoms with E-state index in [9.17, 15) is 4.79 Å². The minimum absolute atomic E-state index is 0.0467. The van der Waals surface area contributed by atoms with Crippen molar-refractivity contribution >= 4 is 5.78 Å². The van der Waals surface area contributed by atoms with Gasteiger partial charge in [0, 0.05) is 6.92 Å². The van der Waals surface area contributed by atoms with E-state index < -0.39 is 0 Å². The minimum Gasteiger partial charge on any atom is -0.456 e. The standard InChI is InChI=1S/C15H15NO2/c1-3-12-5-4-6-13(9-12)18-14-7-8-15(11(2)17)16-10-14/h4-10H,3H2,1-2H3. The van der Waals surface area contributed by atoms with Crippen molar-refractivity contribution in [1.29, 1.82) is 0 Å². The third-order valence-electron chi connectivity index (χ3n) is 2.64. The lowest BCUT2D eigenvalue weighted by atomic mass is 10.2. The molecule has 0 saturated heterocycles. The van der Waals surface area contributed by atoms with Crippen LogP contribution in [0.15, 0.2) is 42.6 Å². The lowest BCUT2D eigenvalue weighted by Crippen LogP contribution is -1.96. The van der Waals surface area contributed by atoms with Crippen LogP contribution in [0.25, 0.3) is 0 Å². The number of hydrogen-bond donors (Lipinski definition) is 0. The molecule has 3 heteroatoms. The number of Topliss-reactive ketones (excluding diaryl/α,β-unsaturated/α-hetero) is 1. The molecule has 0 aliphatic heterocycles. The summed E-state index contributed by atoms with van der Waals surface area (Å²) in [6.45, 7) is 3.59. The van der Waals surface area contributed by atoms with Crippen LogP contribution in [0.3, 0.4) is 0 Å². The van der Waals surface area contributed by atoms with Gasteiger partial charge in [-0.25, -0.2) is 4.98 Å². The Labute approximate surface area is 106 Å². The lowest BCUT2D eigenvalue weighted by Gasteiger charge is -2.06. The van der Waals surface area contributed by atoms with E-state index in [1.807, 2.05) is 18.2 Å². The first-order chi connectivity index (χ1) is 8.69. The molecule has 0 aliphatic carbocycles. The van der Waals surface area contributed by atoms with E-state index in [1.54, 1.807) is 18.3 Å². The van der Waals surface area contributed by atoms with Gasteiger partial charge in [-0.05, 0) is 36.2 Å². The fourth-order valence-electron chi connectivity index (χ4n) is 1.61. The summed E-state index contributed by atoms with van der Waals surface area (Å²) in [7, 11) is 0. The van der Waals surface area contributed by atoms with Crippen LogP contribution in [0, 0.1) is 0 Å². The molecule has 0 bridgehead atoms. The Morgan fingerprint density at radius 1 is 1.22 bits per heavy atom. The zero-order valence-electron chi connectivity index (χ0n) is 10.5. The minimum atomic E-state index is -0.0467. The highest BCUT2D eigenvalue weighted by Crippen LogP contribution is 2.21. The number of pyridine rings is 1. The maximum absolute atomic E-state index is 11.1. The van der Waals surface area contributed by atoms with Crippen LogP contribution < -0.4 is 4.74 Å². The number of ketones is 1. The number of nitrogens with zero attached hydrogens (tertiary/aromatic N) is 1. The van der Waals surface area contributed by atoms with Gasteiger partial charge in [-0.15, -0.1) is 0 Å². The number of rotatable bonds is 4. The fourth-order valence-corrected chi connectivity index (χ4v) is 1.61. The molecule has 3 nitrogen and oxygen atoms in total. The topological polar surface area (TPSA) is 39.2 Å². The van der Waals surface area contributed by atoms with Crippen LogP contribution in [-0.2, 0) is 6.42 Å². The molecule has 92 valence electrons. The number of hydrogen-bond acceptors (Lipinski definition) is 3. The predicted octanol–water partition coefficient (Wildman–Crippen LogP) is 3.64. The van der Waals surface area contributed by atoms with E-state index in [1.165, 1.54) is 12.5 Å². The van der Waals surface area contributed by atoms with Crippen molar-refractivity contribution < 1.29 is 9.53 Å². The first-order valence-corrected chi connectivity index (χ1v) is 5.93. The maximum atomic E-state index is 11.1. The van der Waals surface area contributed by atoms with Gasteiger partial charge in [-0.1, -0.05) is 19.1 Å². The van der Waals surface area contributed by atoms with Crippen LogP contribution in [0.4, 0.5) is 0 Å². The molecule has 0 radical (unpaired) electrons. The number of benzene rings is 1. The Hall–Kier alpha value is -2.16. The van der Waals surface area contributed by atoms with Crippen LogP contribution in [0.5, 0.6) is 11.5 Å². The number of ether oxygens (including phenoxy) is 1. The summed E-state index contributed by atoms with van der Waals surface area (Å²) < 4.78 is 5.68. The summed E-state index contributed by atoms with van der Waals surface area (Å²) in [6, 6.07) is 11.3. The average molecular weight is 241 g/mol. The summed E-state index contributed by atoms with van der Waals surface area (Å²) in [5.41, 5.74) is 1.67. The smallest absolute Gasteiger partial charge is 0.178 e. The van der Waals surface area contributed by atoms with E-state index >= 15 is 0 Å². The van der Waals surface area contributed by atoms with E-state index in [0.717, 1.165) is 12.2 Å². The van der Waals surface area contributed by atoms with Crippen molar-refractivity contribution in [1.82, 2.24) is 4.98 Å². The summed E-state index contributed by atoms with van der Waals surface area (Å²) in [5, 5.41) is 0. The highest BCUT2D eigenvalue weighted by atomic mass is 16.5. The molecule has 0 spiro atoms. The van der Waals surface area contributed by atoms with Crippen LogP contribution in [0.1, 0.15) is 29.9 Å². The third kappa shape index (κ3) is 2.94. The van der Waals surface area contributed by atoms with Crippen LogP contribution >= 0.6 is 0 Å². The van der Waals surface area contributed by atoms with E-state index in [2.05, 4.69) is 18.0 Å². The summed E-state index contributed by atoms with van der Waals surface area (Å²) >= 11 is 0. The second-order valence-electron chi connectivity index (χ2n) is 4.04. The first kappa shape index (κ1) is 12.3. The van der Waals surface area contributed by atoms with Gasteiger partial charge < -0.3 is 4.74 Å². The number of carbonyl (C=O) groups excluding carboxylic acids is 1. The molecule has 0 N–H and O–H groups in total. The summed E-state index contributed by atoms with van der Waals surface area (Å²) in [5.74, 6) is 1.37. The molecule has 0 amide bonds. The van der Waals surface area contributed by atoms with Crippen molar-refractivity contribution in [2.45, 2.75) is 20.3 Å². The van der Waals surface area contributed by atoms with Crippen LogP contribution in [-0.4, -0.2) is 10.8 Å². The molecule has 2 aromatic rings. The van der Waals surface area contributed by atoms with Gasteiger partial charge in [-0.3, -0.25) is 4.79 Å².